The fraction of sp³-hybridized carbons (Fsp3) is 0.417. The molecule has 0 saturated heterocycles. The van der Waals surface area contributed by atoms with E-state index in [1.807, 2.05) is 31.2 Å². The Balaban J connectivity index is 1.21. The molecule has 0 spiro atoms. The van der Waals surface area contributed by atoms with E-state index in [0.717, 1.165) is 31.2 Å². The lowest BCUT2D eigenvalue weighted by Gasteiger charge is -2.70. The lowest BCUT2D eigenvalue weighted by molar-refractivity contribution is -0.208. The predicted octanol–water partition coefficient (Wildman–Crippen LogP) is 5.36. The van der Waals surface area contributed by atoms with Crippen molar-refractivity contribution in [1.82, 2.24) is 0 Å². The summed E-state index contributed by atoms with van der Waals surface area (Å²) < 4.78 is 5.62. The summed E-state index contributed by atoms with van der Waals surface area (Å²) in [7, 11) is 0. The van der Waals surface area contributed by atoms with Gasteiger partial charge in [0.15, 0.2) is 5.78 Å². The number of ketones is 2. The van der Waals surface area contributed by atoms with Crippen LogP contribution in [0.4, 0.5) is 0 Å². The molecule has 2 aromatic rings. The molecule has 0 aromatic heterocycles. The van der Waals surface area contributed by atoms with Crippen LogP contribution >= 0.6 is 11.6 Å². The van der Waals surface area contributed by atoms with Gasteiger partial charge in [-0.25, -0.2) is 0 Å². The van der Waals surface area contributed by atoms with E-state index in [0.29, 0.717) is 29.4 Å². The summed E-state index contributed by atoms with van der Waals surface area (Å²) in [6.45, 7) is 1.99. The van der Waals surface area contributed by atoms with Crippen molar-refractivity contribution in [3.63, 3.8) is 0 Å². The summed E-state index contributed by atoms with van der Waals surface area (Å²) in [6.07, 6.45) is 4.56. The summed E-state index contributed by atoms with van der Waals surface area (Å²) in [5.41, 5.74) is 2.06. The minimum absolute atomic E-state index is 0.0543. The second-order valence-corrected chi connectivity index (χ2v) is 9.04. The van der Waals surface area contributed by atoms with Crippen LogP contribution < -0.4 is 4.74 Å². The average Bonchev–Trinajstić information content (AvgIpc) is 2.63. The van der Waals surface area contributed by atoms with Crippen LogP contribution in [0.15, 0.2) is 48.5 Å². The molecule has 2 bridgehead atoms. The molecule has 0 atom stereocenters. The number of halogens is 1. The molecule has 3 nitrogen and oxygen atoms in total. The van der Waals surface area contributed by atoms with E-state index in [2.05, 4.69) is 12.1 Å². The third-order valence-corrected chi connectivity index (χ3v) is 6.74. The summed E-state index contributed by atoms with van der Waals surface area (Å²) in [5, 5.41) is 0.690. The molecule has 3 aliphatic carbocycles. The number of carbonyl (C=O) groups is 2. The van der Waals surface area contributed by atoms with Crippen molar-refractivity contribution in [3.8, 4) is 5.75 Å². The monoisotopic (exact) mass is 396 g/mol. The van der Waals surface area contributed by atoms with Gasteiger partial charge in [0.05, 0.1) is 0 Å². The molecule has 0 amide bonds. The number of benzene rings is 2. The van der Waals surface area contributed by atoms with Crippen LogP contribution in [0.5, 0.6) is 5.75 Å². The van der Waals surface area contributed by atoms with Crippen molar-refractivity contribution in [2.45, 2.75) is 45.4 Å². The first kappa shape index (κ1) is 19.2. The molecule has 3 aliphatic rings. The van der Waals surface area contributed by atoms with Crippen molar-refractivity contribution in [2.24, 2.45) is 10.8 Å². The van der Waals surface area contributed by atoms with Gasteiger partial charge in [-0.1, -0.05) is 41.9 Å². The van der Waals surface area contributed by atoms with Crippen molar-refractivity contribution in [1.29, 1.82) is 0 Å². The van der Waals surface area contributed by atoms with Gasteiger partial charge >= 0.3 is 0 Å². The zero-order valence-electron chi connectivity index (χ0n) is 16.2. The maximum Gasteiger partial charge on any atom is 0.170 e. The van der Waals surface area contributed by atoms with Crippen molar-refractivity contribution in [3.05, 3.63) is 64.7 Å². The Bertz CT molecular complexity index is 884. The Hall–Kier alpha value is -2.13. The van der Waals surface area contributed by atoms with Crippen molar-refractivity contribution < 1.29 is 14.3 Å². The van der Waals surface area contributed by atoms with E-state index < -0.39 is 0 Å². The Labute approximate surface area is 171 Å². The second kappa shape index (κ2) is 7.36. The maximum atomic E-state index is 12.6. The molecule has 0 radical (unpaired) electrons. The van der Waals surface area contributed by atoms with Crippen LogP contribution in [0, 0.1) is 17.8 Å². The number of hydrogen-bond donors (Lipinski definition) is 0. The van der Waals surface area contributed by atoms with Gasteiger partial charge in [0.25, 0.3) is 0 Å². The summed E-state index contributed by atoms with van der Waals surface area (Å²) in [5.74, 6) is 1.15. The number of ether oxygens (including phenoxy) is 1. The lowest BCUT2D eigenvalue weighted by Crippen LogP contribution is -2.65. The van der Waals surface area contributed by atoms with Crippen LogP contribution in [0.3, 0.4) is 0 Å². The van der Waals surface area contributed by atoms with Gasteiger partial charge in [-0.2, -0.15) is 0 Å². The molecule has 0 unspecified atom stereocenters. The molecule has 3 fully saturated rings. The normalized spacial score (nSPS) is 24.8. The van der Waals surface area contributed by atoms with Gasteiger partial charge < -0.3 is 4.74 Å². The Morgan fingerprint density at radius 1 is 1.07 bits per heavy atom. The first-order valence-corrected chi connectivity index (χ1v) is 10.3. The molecule has 3 saturated carbocycles. The number of Topliss-reactive ketones (excluding diaryl/α,β-unsaturated/α-hetero) is 2. The van der Waals surface area contributed by atoms with E-state index in [-0.39, 0.29) is 23.2 Å². The molecule has 28 heavy (non-hydrogen) atoms. The highest BCUT2D eigenvalue weighted by Crippen LogP contribution is 2.75. The van der Waals surface area contributed by atoms with Crippen LogP contribution in [-0.2, 0) is 16.0 Å². The largest absolute Gasteiger partial charge is 0.486 e. The van der Waals surface area contributed by atoms with E-state index in [9.17, 15) is 9.59 Å². The minimum Gasteiger partial charge on any atom is -0.486 e. The van der Waals surface area contributed by atoms with E-state index in [4.69, 9.17) is 16.3 Å². The third kappa shape index (κ3) is 3.73. The molecule has 0 aliphatic heterocycles. The molecular formula is C24H25ClO3. The lowest BCUT2D eigenvalue weighted by atomic mass is 9.33. The Morgan fingerprint density at radius 2 is 1.79 bits per heavy atom. The zero-order chi connectivity index (χ0) is 19.8. The second-order valence-electron chi connectivity index (χ2n) is 8.63. The van der Waals surface area contributed by atoms with Gasteiger partial charge in [0.2, 0.25) is 0 Å². The van der Waals surface area contributed by atoms with Crippen LogP contribution in [0.1, 0.15) is 43.2 Å². The fourth-order valence-electron chi connectivity index (χ4n) is 4.99. The van der Waals surface area contributed by atoms with Gasteiger partial charge in [0, 0.05) is 23.3 Å². The van der Waals surface area contributed by atoms with E-state index in [1.165, 1.54) is 5.56 Å². The van der Waals surface area contributed by atoms with Crippen LogP contribution in [0.2, 0.25) is 5.02 Å². The first-order valence-electron chi connectivity index (χ1n) is 9.88. The highest BCUT2D eigenvalue weighted by molar-refractivity contribution is 6.31. The summed E-state index contributed by atoms with van der Waals surface area (Å²) in [6, 6.07) is 15.5. The average molecular weight is 397 g/mol. The molecule has 5 rings (SSSR count). The molecule has 0 heterocycles. The number of hydrogen-bond acceptors (Lipinski definition) is 3. The quantitative estimate of drug-likeness (QED) is 0.573. The van der Waals surface area contributed by atoms with E-state index in [1.54, 1.807) is 12.1 Å². The molecule has 2 aromatic carbocycles. The summed E-state index contributed by atoms with van der Waals surface area (Å²) in [4.78, 5) is 25.0. The van der Waals surface area contributed by atoms with E-state index >= 15 is 0 Å². The van der Waals surface area contributed by atoms with Gasteiger partial charge in [-0.05, 0) is 67.3 Å². The van der Waals surface area contributed by atoms with Crippen molar-refractivity contribution in [2.75, 3.05) is 6.61 Å². The Kier molecular flexibility index (Phi) is 5.05. The predicted molar refractivity (Wildman–Crippen MR) is 110 cm³/mol. The zero-order valence-corrected chi connectivity index (χ0v) is 16.9. The van der Waals surface area contributed by atoms with Gasteiger partial charge in [-0.15, -0.1) is 0 Å². The molecular weight excluding hydrogens is 372 g/mol. The molecule has 0 N–H and O–H groups in total. The highest BCUT2D eigenvalue weighted by atomic mass is 35.5. The van der Waals surface area contributed by atoms with Crippen LogP contribution in [-0.4, -0.2) is 18.2 Å². The van der Waals surface area contributed by atoms with Crippen molar-refractivity contribution >= 4 is 23.2 Å². The summed E-state index contributed by atoms with van der Waals surface area (Å²) >= 11 is 6.01. The topological polar surface area (TPSA) is 43.4 Å². The minimum atomic E-state index is -0.136. The van der Waals surface area contributed by atoms with Gasteiger partial charge in [0.1, 0.15) is 18.1 Å². The first-order chi connectivity index (χ1) is 13.4. The highest BCUT2D eigenvalue weighted by Gasteiger charge is 2.70. The SMILES string of the molecule is Cc1cc(OCC(=O)CC23CC(C(=O)CCc4ccccc4)(C2)C3)ccc1Cl. The van der Waals surface area contributed by atoms with Crippen LogP contribution in [0.25, 0.3) is 0 Å². The molecule has 146 valence electrons. The standard InChI is InChI=1S/C24H25ClO3/c1-17-11-20(8-9-21(17)25)28-13-19(26)12-23-14-24(15-23,16-23)22(27)10-7-18-5-3-2-4-6-18/h2-6,8-9,11H,7,10,12-16H2,1H3. The smallest absolute Gasteiger partial charge is 0.170 e. The number of rotatable bonds is 9. The maximum absolute atomic E-state index is 12.6. The van der Waals surface area contributed by atoms with Gasteiger partial charge in [-0.3, -0.25) is 9.59 Å². The third-order valence-electron chi connectivity index (χ3n) is 6.32. The fourth-order valence-corrected chi connectivity index (χ4v) is 5.11. The molecule has 4 heteroatoms. The number of aryl methyl sites for hydroxylation is 2. The number of carbonyl (C=O) groups excluding carboxylic acids is 2. The Morgan fingerprint density at radius 3 is 2.46 bits per heavy atom.